The van der Waals surface area contributed by atoms with Crippen LogP contribution in [0.4, 0.5) is 5.82 Å². The number of anilines is 1. The Hall–Kier alpha value is -2.14. The Kier molecular flexibility index (Phi) is 3.00. The lowest BCUT2D eigenvalue weighted by atomic mass is 10.2. The van der Waals surface area contributed by atoms with Crippen molar-refractivity contribution >= 4 is 23.2 Å². The molecule has 0 amide bonds. The summed E-state index contributed by atoms with van der Waals surface area (Å²) in [5.41, 5.74) is 3.45. The lowest BCUT2D eigenvalue weighted by molar-refractivity contribution is 0.897. The van der Waals surface area contributed by atoms with Crippen molar-refractivity contribution < 1.29 is 0 Å². The fourth-order valence-electron chi connectivity index (χ4n) is 2.83. The molecule has 21 heavy (non-hydrogen) atoms. The molecule has 0 atom stereocenters. The second kappa shape index (κ2) is 5.00. The van der Waals surface area contributed by atoms with Gasteiger partial charge < -0.3 is 5.32 Å². The molecule has 3 aromatic rings. The molecule has 6 heteroatoms. The van der Waals surface area contributed by atoms with Gasteiger partial charge in [-0.1, -0.05) is 29.8 Å². The number of hydrogen-bond acceptors (Lipinski definition) is 4. The van der Waals surface area contributed by atoms with Crippen LogP contribution in [0.15, 0.2) is 30.6 Å². The third-order valence-electron chi connectivity index (χ3n) is 3.86. The molecular formula is C15H14ClN5. The molecule has 0 saturated carbocycles. The number of nitrogens with one attached hydrogen (secondary N) is 1. The maximum Gasteiger partial charge on any atom is 0.254 e. The maximum atomic E-state index is 6.22. The Morgan fingerprint density at radius 2 is 2.14 bits per heavy atom. The van der Waals surface area contributed by atoms with Crippen molar-refractivity contribution in [3.63, 3.8) is 0 Å². The fourth-order valence-corrected chi connectivity index (χ4v) is 3.03. The average Bonchev–Trinajstić information content (AvgIpc) is 3.13. The maximum absolute atomic E-state index is 6.22. The summed E-state index contributed by atoms with van der Waals surface area (Å²) >= 11 is 6.22. The van der Waals surface area contributed by atoms with Gasteiger partial charge in [-0.25, -0.2) is 4.98 Å². The summed E-state index contributed by atoms with van der Waals surface area (Å²) in [5.74, 6) is 1.64. The Labute approximate surface area is 127 Å². The van der Waals surface area contributed by atoms with Crippen LogP contribution in [0.3, 0.4) is 0 Å². The van der Waals surface area contributed by atoms with E-state index in [4.69, 9.17) is 11.6 Å². The van der Waals surface area contributed by atoms with E-state index < -0.39 is 0 Å². The fraction of sp³-hybridized carbons (Fsp3) is 0.267. The summed E-state index contributed by atoms with van der Waals surface area (Å²) in [6, 6.07) is 7.85. The zero-order valence-corrected chi connectivity index (χ0v) is 12.1. The van der Waals surface area contributed by atoms with Crippen molar-refractivity contribution in [1.29, 1.82) is 0 Å². The number of aromatic nitrogens is 4. The number of nitrogens with zero attached hydrogens (tertiary/aromatic N) is 4. The summed E-state index contributed by atoms with van der Waals surface area (Å²) < 4.78 is 1.78. The van der Waals surface area contributed by atoms with Gasteiger partial charge in [0.1, 0.15) is 12.1 Å². The van der Waals surface area contributed by atoms with Gasteiger partial charge in [0.2, 0.25) is 0 Å². The van der Waals surface area contributed by atoms with E-state index in [1.54, 1.807) is 4.52 Å². The zero-order valence-electron chi connectivity index (χ0n) is 11.4. The van der Waals surface area contributed by atoms with Crippen molar-refractivity contribution in [2.24, 2.45) is 0 Å². The number of hydrogen-bond donors (Lipinski definition) is 1. The molecule has 2 aromatic heterocycles. The van der Waals surface area contributed by atoms with Gasteiger partial charge in [0.15, 0.2) is 0 Å². The van der Waals surface area contributed by atoms with Crippen molar-refractivity contribution in [2.75, 3.05) is 5.32 Å². The largest absolute Gasteiger partial charge is 0.365 e. The van der Waals surface area contributed by atoms with Gasteiger partial charge in [-0.2, -0.15) is 14.6 Å². The molecule has 4 rings (SSSR count). The van der Waals surface area contributed by atoms with Crippen LogP contribution < -0.4 is 5.32 Å². The molecule has 0 radical (unpaired) electrons. The summed E-state index contributed by atoms with van der Waals surface area (Å²) in [4.78, 5) is 8.78. The normalized spacial score (nSPS) is 13.6. The van der Waals surface area contributed by atoms with Crippen LogP contribution in [-0.2, 0) is 19.4 Å². The summed E-state index contributed by atoms with van der Waals surface area (Å²) in [7, 11) is 0. The first-order valence-corrected chi connectivity index (χ1v) is 7.39. The molecule has 106 valence electrons. The van der Waals surface area contributed by atoms with Crippen molar-refractivity contribution in [2.45, 2.75) is 25.8 Å². The minimum atomic E-state index is 0.650. The molecule has 0 spiro atoms. The molecule has 0 saturated heterocycles. The topological polar surface area (TPSA) is 55.1 Å². The van der Waals surface area contributed by atoms with E-state index in [2.05, 4.69) is 20.4 Å². The minimum absolute atomic E-state index is 0.650. The first-order valence-electron chi connectivity index (χ1n) is 7.01. The summed E-state index contributed by atoms with van der Waals surface area (Å²) in [6.45, 7) is 0.658. The molecule has 5 nitrogen and oxygen atoms in total. The molecule has 1 N–H and O–H groups in total. The first-order chi connectivity index (χ1) is 10.3. The van der Waals surface area contributed by atoms with Crippen LogP contribution in [0.5, 0.6) is 0 Å². The Morgan fingerprint density at radius 1 is 1.24 bits per heavy atom. The van der Waals surface area contributed by atoms with E-state index in [0.717, 1.165) is 41.4 Å². The number of benzene rings is 1. The van der Waals surface area contributed by atoms with E-state index in [0.29, 0.717) is 12.3 Å². The van der Waals surface area contributed by atoms with Crippen LogP contribution in [0, 0.1) is 0 Å². The molecule has 0 unspecified atom stereocenters. The quantitative estimate of drug-likeness (QED) is 0.808. The van der Waals surface area contributed by atoms with E-state index in [9.17, 15) is 0 Å². The van der Waals surface area contributed by atoms with Gasteiger partial charge in [0, 0.05) is 17.1 Å². The van der Waals surface area contributed by atoms with Crippen LogP contribution in [0.1, 0.15) is 23.2 Å². The Bertz CT molecular complexity index is 811. The molecule has 1 aliphatic rings. The first kappa shape index (κ1) is 12.6. The van der Waals surface area contributed by atoms with Crippen molar-refractivity contribution in [3.05, 3.63) is 52.4 Å². The number of fused-ring (bicyclic) bond motifs is 2. The van der Waals surface area contributed by atoms with Crippen molar-refractivity contribution in [3.8, 4) is 0 Å². The van der Waals surface area contributed by atoms with Crippen LogP contribution in [0.25, 0.3) is 5.78 Å². The number of rotatable bonds is 3. The van der Waals surface area contributed by atoms with E-state index in [-0.39, 0.29) is 0 Å². The highest BCUT2D eigenvalue weighted by Crippen LogP contribution is 2.28. The standard InChI is InChI=1S/C15H14ClN5/c16-12-6-2-1-4-10(12)8-17-14-11-5-3-7-13(11)20-15-18-9-19-21(14)15/h1-2,4,6,9,17H,3,5,7-8H2. The summed E-state index contributed by atoms with van der Waals surface area (Å²) in [6.07, 6.45) is 4.72. The predicted octanol–water partition coefficient (Wildman–Crippen LogP) is 2.88. The van der Waals surface area contributed by atoms with E-state index >= 15 is 0 Å². The Morgan fingerprint density at radius 3 is 3.05 bits per heavy atom. The smallest absolute Gasteiger partial charge is 0.254 e. The average molecular weight is 300 g/mol. The number of aryl methyl sites for hydroxylation is 1. The highest BCUT2D eigenvalue weighted by atomic mass is 35.5. The number of halogens is 1. The monoisotopic (exact) mass is 299 g/mol. The molecule has 1 aromatic carbocycles. The van der Waals surface area contributed by atoms with Crippen LogP contribution in [0.2, 0.25) is 5.02 Å². The summed E-state index contributed by atoms with van der Waals surface area (Å²) in [5, 5.41) is 8.51. The Balaban J connectivity index is 1.73. The van der Waals surface area contributed by atoms with Gasteiger partial charge in [-0.3, -0.25) is 0 Å². The van der Waals surface area contributed by atoms with Gasteiger partial charge in [0.25, 0.3) is 5.78 Å². The SMILES string of the molecule is Clc1ccccc1CNc1c2c(nc3ncnn13)CCC2. The third kappa shape index (κ3) is 2.14. The van der Waals surface area contributed by atoms with E-state index in [1.165, 1.54) is 11.9 Å². The van der Waals surface area contributed by atoms with Crippen LogP contribution >= 0.6 is 11.6 Å². The highest BCUT2D eigenvalue weighted by molar-refractivity contribution is 6.31. The third-order valence-corrected chi connectivity index (χ3v) is 4.22. The molecule has 0 fully saturated rings. The van der Waals surface area contributed by atoms with Crippen LogP contribution in [-0.4, -0.2) is 19.6 Å². The van der Waals surface area contributed by atoms with Gasteiger partial charge >= 0.3 is 0 Å². The highest BCUT2D eigenvalue weighted by Gasteiger charge is 2.20. The minimum Gasteiger partial charge on any atom is -0.365 e. The molecule has 0 aliphatic heterocycles. The predicted molar refractivity (Wildman–Crippen MR) is 81.6 cm³/mol. The zero-order chi connectivity index (χ0) is 14.2. The molecular weight excluding hydrogens is 286 g/mol. The van der Waals surface area contributed by atoms with Gasteiger partial charge in [0.05, 0.1) is 5.69 Å². The second-order valence-electron chi connectivity index (χ2n) is 5.16. The molecule has 0 bridgehead atoms. The van der Waals surface area contributed by atoms with E-state index in [1.807, 2.05) is 24.3 Å². The second-order valence-corrected chi connectivity index (χ2v) is 5.56. The molecule has 2 heterocycles. The lowest BCUT2D eigenvalue weighted by Crippen LogP contribution is -2.10. The van der Waals surface area contributed by atoms with Gasteiger partial charge in [-0.05, 0) is 30.9 Å². The van der Waals surface area contributed by atoms with Gasteiger partial charge in [-0.15, -0.1) is 0 Å². The van der Waals surface area contributed by atoms with Crippen molar-refractivity contribution in [1.82, 2.24) is 19.6 Å². The lowest BCUT2D eigenvalue weighted by Gasteiger charge is -2.13. The molecule has 1 aliphatic carbocycles.